The first-order chi connectivity index (χ1) is 3.84. The number of hydrogen-bond donors (Lipinski definition) is 2. The lowest BCUT2D eigenvalue weighted by Gasteiger charge is -2.02. The summed E-state index contributed by atoms with van der Waals surface area (Å²) in [5, 5.41) is 3.03. The van der Waals surface area contributed by atoms with Crippen LogP contribution in [0.15, 0.2) is 12.3 Å². The Kier molecular flexibility index (Phi) is 1.50. The van der Waals surface area contributed by atoms with Gasteiger partial charge in [-0.1, -0.05) is 6.58 Å². The Labute approximate surface area is 48.7 Å². The standard InChI is InChI=1S/C5H10N2O/c1-4-5(6-2)3-8-7-4/h5-7H,1,3H2,2H3. The molecule has 1 aliphatic rings. The fourth-order valence-electron chi connectivity index (χ4n) is 0.647. The van der Waals surface area contributed by atoms with Crippen molar-refractivity contribution >= 4 is 0 Å². The molecule has 3 heteroatoms. The lowest BCUT2D eigenvalue weighted by molar-refractivity contribution is 0.107. The van der Waals surface area contributed by atoms with Crippen molar-refractivity contribution in [1.82, 2.24) is 10.8 Å². The molecule has 1 atom stereocenters. The minimum absolute atomic E-state index is 0.287. The second kappa shape index (κ2) is 2.15. The van der Waals surface area contributed by atoms with Gasteiger partial charge in [0.15, 0.2) is 0 Å². The van der Waals surface area contributed by atoms with Crippen molar-refractivity contribution < 1.29 is 4.84 Å². The minimum atomic E-state index is 0.287. The largest absolute Gasteiger partial charge is 0.310 e. The highest BCUT2D eigenvalue weighted by Crippen LogP contribution is 2.01. The molecule has 0 radical (unpaired) electrons. The van der Waals surface area contributed by atoms with Crippen LogP contribution in [-0.2, 0) is 4.84 Å². The molecule has 0 aromatic rings. The van der Waals surface area contributed by atoms with E-state index in [1.165, 1.54) is 0 Å². The highest BCUT2D eigenvalue weighted by atomic mass is 16.7. The minimum Gasteiger partial charge on any atom is -0.310 e. The molecule has 1 rings (SSSR count). The monoisotopic (exact) mass is 114 g/mol. The van der Waals surface area contributed by atoms with Crippen molar-refractivity contribution in [2.75, 3.05) is 13.7 Å². The van der Waals surface area contributed by atoms with Crippen molar-refractivity contribution in [1.29, 1.82) is 0 Å². The SMILES string of the molecule is C=C1NOCC1NC. The molecule has 0 aromatic heterocycles. The Balaban J connectivity index is 2.42. The number of hydrogen-bond acceptors (Lipinski definition) is 3. The highest BCUT2D eigenvalue weighted by molar-refractivity contribution is 5.03. The van der Waals surface area contributed by atoms with Crippen LogP contribution in [-0.4, -0.2) is 19.7 Å². The van der Waals surface area contributed by atoms with E-state index in [1.807, 2.05) is 7.05 Å². The maximum Gasteiger partial charge on any atom is 0.0955 e. The van der Waals surface area contributed by atoms with Crippen LogP contribution in [0.25, 0.3) is 0 Å². The number of rotatable bonds is 1. The molecule has 0 spiro atoms. The molecule has 0 saturated carbocycles. The van der Waals surface area contributed by atoms with E-state index in [9.17, 15) is 0 Å². The van der Waals surface area contributed by atoms with Crippen molar-refractivity contribution in [3.8, 4) is 0 Å². The van der Waals surface area contributed by atoms with Crippen molar-refractivity contribution in [3.63, 3.8) is 0 Å². The summed E-state index contributed by atoms with van der Waals surface area (Å²) in [6.07, 6.45) is 0. The molecule has 3 nitrogen and oxygen atoms in total. The Hall–Kier alpha value is -0.540. The number of likely N-dealkylation sites (N-methyl/N-ethyl adjacent to an activating group) is 1. The van der Waals surface area contributed by atoms with Crippen molar-refractivity contribution in [3.05, 3.63) is 12.3 Å². The average molecular weight is 114 g/mol. The third-order valence-corrected chi connectivity index (χ3v) is 1.22. The van der Waals surface area contributed by atoms with E-state index >= 15 is 0 Å². The van der Waals surface area contributed by atoms with Gasteiger partial charge in [0, 0.05) is 0 Å². The molecule has 2 N–H and O–H groups in total. The lowest BCUT2D eigenvalue weighted by Crippen LogP contribution is -2.27. The molecule has 0 amide bonds. The quantitative estimate of drug-likeness (QED) is 0.487. The second-order valence-corrected chi connectivity index (χ2v) is 1.78. The molecule has 1 heterocycles. The zero-order valence-corrected chi connectivity index (χ0v) is 4.90. The topological polar surface area (TPSA) is 33.3 Å². The maximum atomic E-state index is 4.85. The van der Waals surface area contributed by atoms with Gasteiger partial charge in [0.05, 0.1) is 18.3 Å². The summed E-state index contributed by atoms with van der Waals surface area (Å²) in [5.41, 5.74) is 3.57. The fraction of sp³-hybridized carbons (Fsp3) is 0.600. The third kappa shape index (κ3) is 0.827. The van der Waals surface area contributed by atoms with Crippen LogP contribution in [0.3, 0.4) is 0 Å². The van der Waals surface area contributed by atoms with Crippen LogP contribution in [0.5, 0.6) is 0 Å². The molecule has 0 bridgehead atoms. The normalized spacial score (nSPS) is 28.1. The van der Waals surface area contributed by atoms with Gasteiger partial charge in [0.2, 0.25) is 0 Å². The van der Waals surface area contributed by atoms with E-state index in [0.717, 1.165) is 5.70 Å². The van der Waals surface area contributed by atoms with Gasteiger partial charge in [-0.2, -0.15) is 0 Å². The molecular formula is C5H10N2O. The molecule has 1 aliphatic heterocycles. The zero-order valence-electron chi connectivity index (χ0n) is 4.90. The van der Waals surface area contributed by atoms with E-state index in [1.54, 1.807) is 0 Å². The smallest absolute Gasteiger partial charge is 0.0955 e. The van der Waals surface area contributed by atoms with Gasteiger partial charge in [0.25, 0.3) is 0 Å². The highest BCUT2D eigenvalue weighted by Gasteiger charge is 2.16. The van der Waals surface area contributed by atoms with Gasteiger partial charge in [-0.15, -0.1) is 0 Å². The summed E-state index contributed by atoms with van der Waals surface area (Å²) in [4.78, 5) is 4.85. The molecule has 1 fully saturated rings. The van der Waals surface area contributed by atoms with Crippen LogP contribution >= 0.6 is 0 Å². The lowest BCUT2D eigenvalue weighted by atomic mass is 10.3. The van der Waals surface area contributed by atoms with Gasteiger partial charge in [-0.05, 0) is 7.05 Å². The Morgan fingerprint density at radius 2 is 2.75 bits per heavy atom. The molecule has 1 unspecified atom stereocenters. The zero-order chi connectivity index (χ0) is 5.98. The first-order valence-electron chi connectivity index (χ1n) is 2.58. The number of hydroxylamine groups is 1. The molecule has 0 aromatic carbocycles. The van der Waals surface area contributed by atoms with E-state index < -0.39 is 0 Å². The van der Waals surface area contributed by atoms with Gasteiger partial charge in [-0.25, -0.2) is 0 Å². The summed E-state index contributed by atoms with van der Waals surface area (Å²) in [7, 11) is 1.88. The first-order valence-corrected chi connectivity index (χ1v) is 2.58. The van der Waals surface area contributed by atoms with Crippen LogP contribution in [0.1, 0.15) is 0 Å². The van der Waals surface area contributed by atoms with Gasteiger partial charge >= 0.3 is 0 Å². The molecular weight excluding hydrogens is 104 g/mol. The van der Waals surface area contributed by atoms with E-state index in [4.69, 9.17) is 4.84 Å². The van der Waals surface area contributed by atoms with Gasteiger partial charge in [0.1, 0.15) is 0 Å². The summed E-state index contributed by atoms with van der Waals surface area (Å²) >= 11 is 0. The maximum absolute atomic E-state index is 4.85. The summed E-state index contributed by atoms with van der Waals surface area (Å²) in [6, 6.07) is 0.287. The fourth-order valence-corrected chi connectivity index (χ4v) is 0.647. The predicted octanol–water partition coefficient (Wildman–Crippen LogP) is -0.377. The van der Waals surface area contributed by atoms with E-state index in [2.05, 4.69) is 17.4 Å². The van der Waals surface area contributed by atoms with Gasteiger partial charge < -0.3 is 5.32 Å². The Bertz CT molecular complexity index is 103. The second-order valence-electron chi connectivity index (χ2n) is 1.78. The summed E-state index contributed by atoms with van der Waals surface area (Å²) in [5.74, 6) is 0. The van der Waals surface area contributed by atoms with Gasteiger partial charge in [-0.3, -0.25) is 10.3 Å². The molecule has 46 valence electrons. The van der Waals surface area contributed by atoms with Crippen LogP contribution < -0.4 is 10.8 Å². The van der Waals surface area contributed by atoms with Crippen molar-refractivity contribution in [2.24, 2.45) is 0 Å². The van der Waals surface area contributed by atoms with Crippen LogP contribution in [0.2, 0.25) is 0 Å². The number of nitrogens with one attached hydrogen (secondary N) is 2. The molecule has 1 saturated heterocycles. The van der Waals surface area contributed by atoms with Crippen LogP contribution in [0, 0.1) is 0 Å². The summed E-state index contributed by atoms with van der Waals surface area (Å²) in [6.45, 7) is 4.38. The van der Waals surface area contributed by atoms with E-state index in [-0.39, 0.29) is 6.04 Å². The van der Waals surface area contributed by atoms with E-state index in [0.29, 0.717) is 6.61 Å². The molecule has 0 aliphatic carbocycles. The predicted molar refractivity (Wildman–Crippen MR) is 31.1 cm³/mol. The Morgan fingerprint density at radius 3 is 3.00 bits per heavy atom. The van der Waals surface area contributed by atoms with Crippen LogP contribution in [0.4, 0.5) is 0 Å². The Morgan fingerprint density at radius 1 is 2.00 bits per heavy atom. The van der Waals surface area contributed by atoms with Crippen molar-refractivity contribution in [2.45, 2.75) is 6.04 Å². The first kappa shape index (κ1) is 5.59. The average Bonchev–Trinajstić information content (AvgIpc) is 2.14. The third-order valence-electron chi connectivity index (χ3n) is 1.22. The summed E-state index contributed by atoms with van der Waals surface area (Å²) < 4.78 is 0. The molecule has 8 heavy (non-hydrogen) atoms.